The molecule has 2 rings (SSSR count). The van der Waals surface area contributed by atoms with Crippen LogP contribution in [0.25, 0.3) is 11.4 Å². The predicted molar refractivity (Wildman–Crippen MR) is 96.8 cm³/mol. The molecule has 0 atom stereocenters. The molecule has 0 bridgehead atoms. The Balaban J connectivity index is 1.59. The van der Waals surface area contributed by atoms with E-state index in [0.717, 1.165) is 6.42 Å². The maximum atomic E-state index is 4.77. The summed E-state index contributed by atoms with van der Waals surface area (Å²) in [6.07, 6.45) is 15.1. The number of nitrogens with zero attached hydrogens (tertiary/aromatic N) is 1. The number of fused-ring (bicyclic) bond motifs is 1. The van der Waals surface area contributed by atoms with Crippen molar-refractivity contribution in [3.63, 3.8) is 0 Å². The number of benzene rings is 1. The molecule has 0 saturated heterocycles. The standard InChI is InChI=1S/C21H32N/c1-3-4-5-6-7-8-9-10-11-12-17-21-20-16-14-13-15-19(20)18(2)22-21/h13-16H,3-12,17H2,1-2H3. The van der Waals surface area contributed by atoms with Crippen LogP contribution in [0.3, 0.4) is 0 Å². The quantitative estimate of drug-likeness (QED) is 0.518. The minimum atomic E-state index is 1.14. The summed E-state index contributed by atoms with van der Waals surface area (Å²) in [6, 6.07) is 8.66. The molecule has 1 nitrogen and oxygen atoms in total. The van der Waals surface area contributed by atoms with E-state index in [-0.39, 0.29) is 0 Å². The Hall–Kier alpha value is -1.24. The van der Waals surface area contributed by atoms with E-state index in [2.05, 4.69) is 38.1 Å². The van der Waals surface area contributed by atoms with Crippen LogP contribution in [0.1, 0.15) is 84.5 Å². The zero-order chi connectivity index (χ0) is 15.6. The molecular weight excluding hydrogens is 266 g/mol. The molecule has 121 valence electrons. The van der Waals surface area contributed by atoms with Gasteiger partial charge < -0.3 is 0 Å². The lowest BCUT2D eigenvalue weighted by Crippen LogP contribution is -2.22. The monoisotopic (exact) mass is 298 g/mol. The van der Waals surface area contributed by atoms with Crippen LogP contribution >= 0.6 is 0 Å². The molecule has 0 N–H and O–H groups in total. The van der Waals surface area contributed by atoms with Gasteiger partial charge in [-0.05, 0) is 19.8 Å². The highest BCUT2D eigenvalue weighted by molar-refractivity contribution is 5.62. The van der Waals surface area contributed by atoms with Crippen molar-refractivity contribution in [2.45, 2.75) is 84.5 Å². The number of hydrogen-bond acceptors (Lipinski definition) is 0. The summed E-state index contributed by atoms with van der Waals surface area (Å²) in [5, 5.41) is 7.47. The van der Waals surface area contributed by atoms with Crippen molar-refractivity contribution >= 4 is 11.4 Å². The molecule has 0 spiro atoms. The van der Waals surface area contributed by atoms with Gasteiger partial charge in [0.25, 0.3) is 0 Å². The van der Waals surface area contributed by atoms with Gasteiger partial charge in [0.05, 0.1) is 0 Å². The van der Waals surface area contributed by atoms with Crippen molar-refractivity contribution in [2.24, 2.45) is 0 Å². The zero-order valence-corrected chi connectivity index (χ0v) is 14.5. The van der Waals surface area contributed by atoms with Gasteiger partial charge in [-0.2, -0.15) is 0 Å². The first kappa shape index (κ1) is 17.1. The molecule has 0 amide bonds. The maximum absolute atomic E-state index is 4.77. The van der Waals surface area contributed by atoms with Crippen LogP contribution in [0.5, 0.6) is 0 Å². The third-order valence-corrected chi connectivity index (χ3v) is 4.70. The molecule has 1 heterocycles. The molecule has 0 saturated carbocycles. The first-order valence-corrected chi connectivity index (χ1v) is 9.34. The zero-order valence-electron chi connectivity index (χ0n) is 14.5. The van der Waals surface area contributed by atoms with Gasteiger partial charge in [-0.25, -0.2) is 0 Å². The largest absolute Gasteiger partial charge is 0.257 e. The van der Waals surface area contributed by atoms with Crippen LogP contribution in [0.2, 0.25) is 0 Å². The lowest BCUT2D eigenvalue weighted by molar-refractivity contribution is 0.557. The van der Waals surface area contributed by atoms with Gasteiger partial charge in [0.15, 0.2) is 0 Å². The van der Waals surface area contributed by atoms with Gasteiger partial charge in [0.1, 0.15) is 0 Å². The van der Waals surface area contributed by atoms with Crippen molar-refractivity contribution < 1.29 is 0 Å². The summed E-state index contributed by atoms with van der Waals surface area (Å²) in [4.78, 5) is 0. The van der Waals surface area contributed by atoms with Crippen LogP contribution in [0.15, 0.2) is 24.3 Å². The average Bonchev–Trinajstić information content (AvgIpc) is 2.86. The van der Waals surface area contributed by atoms with Crippen LogP contribution in [-0.2, 0) is 0 Å². The van der Waals surface area contributed by atoms with Crippen molar-refractivity contribution in [3.8, 4) is 0 Å². The summed E-state index contributed by atoms with van der Waals surface area (Å²) < 4.78 is 0. The average molecular weight is 298 g/mol. The second kappa shape index (κ2) is 9.71. The van der Waals surface area contributed by atoms with E-state index >= 15 is 0 Å². The van der Waals surface area contributed by atoms with E-state index in [1.54, 1.807) is 0 Å². The number of hydrogen-bond donors (Lipinski definition) is 0. The van der Waals surface area contributed by atoms with Crippen LogP contribution in [-0.4, -0.2) is 0 Å². The van der Waals surface area contributed by atoms with Crippen molar-refractivity contribution in [2.75, 3.05) is 0 Å². The molecule has 1 aromatic carbocycles. The van der Waals surface area contributed by atoms with Crippen LogP contribution in [0.4, 0.5) is 0 Å². The highest BCUT2D eigenvalue weighted by Crippen LogP contribution is 2.15. The topological polar surface area (TPSA) is 14.1 Å². The summed E-state index contributed by atoms with van der Waals surface area (Å²) in [5.74, 6) is 0. The molecule has 1 heteroatoms. The highest BCUT2D eigenvalue weighted by Gasteiger charge is 2.10. The van der Waals surface area contributed by atoms with E-state index < -0.39 is 0 Å². The highest BCUT2D eigenvalue weighted by atomic mass is 14.9. The fraction of sp³-hybridized carbons (Fsp3) is 0.619. The molecular formula is C21H32N. The van der Waals surface area contributed by atoms with Gasteiger partial charge >= 0.3 is 0 Å². The lowest BCUT2D eigenvalue weighted by atomic mass is 10.0. The molecule has 0 unspecified atom stereocenters. The van der Waals surface area contributed by atoms with Gasteiger partial charge in [-0.3, -0.25) is 5.32 Å². The molecule has 1 aliphatic rings. The fourth-order valence-electron chi connectivity index (χ4n) is 3.34. The molecule has 1 aromatic rings. The molecule has 1 aliphatic heterocycles. The SMILES string of the molecule is CCCCCCCCCCCCC1=c2ccccc2=C(C)[N]1. The second-order valence-corrected chi connectivity index (χ2v) is 6.62. The normalized spacial score (nSPS) is 13.4. The Morgan fingerprint density at radius 1 is 0.727 bits per heavy atom. The predicted octanol–water partition coefficient (Wildman–Crippen LogP) is 4.85. The second-order valence-electron chi connectivity index (χ2n) is 6.62. The van der Waals surface area contributed by atoms with E-state index in [0.29, 0.717) is 0 Å². The molecule has 0 fully saturated rings. The molecule has 22 heavy (non-hydrogen) atoms. The smallest absolute Gasteiger partial charge is 0.0485 e. The minimum Gasteiger partial charge on any atom is -0.257 e. The Labute approximate surface area is 136 Å². The van der Waals surface area contributed by atoms with E-state index in [1.165, 1.54) is 86.0 Å². The summed E-state index contributed by atoms with van der Waals surface area (Å²) in [7, 11) is 0. The fourth-order valence-corrected chi connectivity index (χ4v) is 3.34. The Bertz CT molecular complexity index is 556. The van der Waals surface area contributed by atoms with Crippen molar-refractivity contribution in [1.82, 2.24) is 5.32 Å². The Morgan fingerprint density at radius 2 is 1.27 bits per heavy atom. The van der Waals surface area contributed by atoms with Crippen LogP contribution in [0, 0.1) is 0 Å². The van der Waals surface area contributed by atoms with Crippen LogP contribution < -0.4 is 15.8 Å². The number of unbranched alkanes of at least 4 members (excludes halogenated alkanes) is 9. The third kappa shape index (κ3) is 5.19. The lowest BCUT2D eigenvalue weighted by Gasteiger charge is -2.04. The molecule has 0 aliphatic carbocycles. The van der Waals surface area contributed by atoms with E-state index in [9.17, 15) is 0 Å². The minimum absolute atomic E-state index is 1.14. The van der Waals surface area contributed by atoms with E-state index in [4.69, 9.17) is 5.32 Å². The molecule has 1 radical (unpaired) electrons. The maximum Gasteiger partial charge on any atom is 0.0485 e. The van der Waals surface area contributed by atoms with Gasteiger partial charge in [0, 0.05) is 21.8 Å². The van der Waals surface area contributed by atoms with Crippen molar-refractivity contribution in [1.29, 1.82) is 0 Å². The summed E-state index contributed by atoms with van der Waals surface area (Å²) in [5.41, 5.74) is 2.50. The summed E-state index contributed by atoms with van der Waals surface area (Å²) in [6.45, 7) is 4.41. The molecule has 0 aromatic heterocycles. The Morgan fingerprint density at radius 3 is 1.91 bits per heavy atom. The van der Waals surface area contributed by atoms with Gasteiger partial charge in [0.2, 0.25) is 0 Å². The van der Waals surface area contributed by atoms with Crippen molar-refractivity contribution in [3.05, 3.63) is 34.7 Å². The first-order chi connectivity index (χ1) is 10.8. The van der Waals surface area contributed by atoms with E-state index in [1.807, 2.05) is 0 Å². The Kier molecular flexibility index (Phi) is 7.56. The summed E-state index contributed by atoms with van der Waals surface area (Å²) >= 11 is 0. The first-order valence-electron chi connectivity index (χ1n) is 9.34. The van der Waals surface area contributed by atoms with Gasteiger partial charge in [-0.1, -0.05) is 89.0 Å². The third-order valence-electron chi connectivity index (χ3n) is 4.70. The number of rotatable bonds is 11. The van der Waals surface area contributed by atoms with Gasteiger partial charge in [-0.15, -0.1) is 0 Å².